The summed E-state index contributed by atoms with van der Waals surface area (Å²) in [6.45, 7) is 6.25. The Morgan fingerprint density at radius 3 is 2.93 bits per heavy atom. The summed E-state index contributed by atoms with van der Waals surface area (Å²) in [7, 11) is 1.44. The number of rotatable bonds is 3. The van der Waals surface area contributed by atoms with E-state index < -0.39 is 0 Å². The summed E-state index contributed by atoms with van der Waals surface area (Å²) in [6, 6.07) is 0. The zero-order valence-corrected chi connectivity index (χ0v) is 10.4. The molecule has 0 radical (unpaired) electrons. The number of esters is 1. The lowest BCUT2D eigenvalue weighted by molar-refractivity contribution is -0.142. The predicted molar refractivity (Wildman–Crippen MR) is 60.4 cm³/mol. The van der Waals surface area contributed by atoms with Gasteiger partial charge in [-0.05, 0) is 18.8 Å². The topological polar surface area (TPSA) is 26.3 Å². The second-order valence-corrected chi connectivity index (χ2v) is 4.73. The monoisotopic (exact) mass is 260 g/mol. The van der Waals surface area contributed by atoms with Gasteiger partial charge in [-0.1, -0.05) is 35.0 Å². The molecule has 1 aliphatic carbocycles. The van der Waals surface area contributed by atoms with E-state index in [0.717, 1.165) is 18.2 Å². The van der Waals surface area contributed by atoms with Crippen molar-refractivity contribution >= 4 is 21.9 Å². The molecule has 0 amide bonds. The Bertz CT molecular complexity index is 250. The van der Waals surface area contributed by atoms with Gasteiger partial charge in [-0.3, -0.25) is 4.79 Å². The van der Waals surface area contributed by atoms with Crippen LogP contribution in [0.2, 0.25) is 0 Å². The molecule has 14 heavy (non-hydrogen) atoms. The van der Waals surface area contributed by atoms with Crippen LogP contribution in [0.25, 0.3) is 0 Å². The zero-order chi connectivity index (χ0) is 10.8. The fraction of sp³-hybridized carbons (Fsp3) is 0.727. The van der Waals surface area contributed by atoms with Crippen LogP contribution in [0.3, 0.4) is 0 Å². The molecule has 0 aromatic rings. The lowest BCUT2D eigenvalue weighted by atomic mass is 9.78. The Morgan fingerprint density at radius 1 is 1.79 bits per heavy atom. The van der Waals surface area contributed by atoms with E-state index in [2.05, 4.69) is 29.4 Å². The van der Waals surface area contributed by atoms with Gasteiger partial charge in [0, 0.05) is 17.2 Å². The van der Waals surface area contributed by atoms with Gasteiger partial charge >= 0.3 is 5.97 Å². The van der Waals surface area contributed by atoms with E-state index in [1.807, 2.05) is 0 Å². The summed E-state index contributed by atoms with van der Waals surface area (Å²) in [4.78, 5) is 11.2. The van der Waals surface area contributed by atoms with Crippen molar-refractivity contribution < 1.29 is 9.53 Å². The standard InChI is InChI=1S/C11H17BrO2/c1-8-4-5-9(6-10(13)14-3)11(8,2)7-12/h9H,1,4-7H2,2-3H3/t9-,11+/m1/s1. The average Bonchev–Trinajstić information content (AvgIpc) is 2.46. The molecule has 1 rings (SSSR count). The number of hydrogen-bond donors (Lipinski definition) is 0. The van der Waals surface area contributed by atoms with Crippen LogP contribution in [0, 0.1) is 11.3 Å². The van der Waals surface area contributed by atoms with Crippen LogP contribution >= 0.6 is 15.9 Å². The van der Waals surface area contributed by atoms with Crippen LogP contribution in [0.5, 0.6) is 0 Å². The maximum Gasteiger partial charge on any atom is 0.305 e. The third kappa shape index (κ3) is 2.02. The van der Waals surface area contributed by atoms with E-state index in [1.165, 1.54) is 12.7 Å². The summed E-state index contributed by atoms with van der Waals surface area (Å²) < 4.78 is 4.70. The van der Waals surface area contributed by atoms with Crippen molar-refractivity contribution in [2.75, 3.05) is 12.4 Å². The molecule has 0 spiro atoms. The molecule has 0 saturated heterocycles. The quantitative estimate of drug-likeness (QED) is 0.443. The van der Waals surface area contributed by atoms with E-state index in [1.54, 1.807) is 0 Å². The van der Waals surface area contributed by atoms with Gasteiger partial charge in [0.1, 0.15) is 0 Å². The Labute approximate surface area is 93.8 Å². The van der Waals surface area contributed by atoms with Crippen molar-refractivity contribution in [3.8, 4) is 0 Å². The number of halogens is 1. The van der Waals surface area contributed by atoms with Gasteiger partial charge in [0.25, 0.3) is 0 Å². The molecule has 1 fully saturated rings. The minimum Gasteiger partial charge on any atom is -0.469 e. The van der Waals surface area contributed by atoms with Gasteiger partial charge in [-0.15, -0.1) is 0 Å². The van der Waals surface area contributed by atoms with E-state index >= 15 is 0 Å². The third-order valence-electron chi connectivity index (χ3n) is 3.42. The first-order valence-electron chi connectivity index (χ1n) is 4.85. The maximum absolute atomic E-state index is 11.2. The molecule has 3 heteroatoms. The fourth-order valence-corrected chi connectivity index (χ4v) is 2.91. The van der Waals surface area contributed by atoms with Crippen LogP contribution in [-0.4, -0.2) is 18.4 Å². The molecular weight excluding hydrogens is 244 g/mol. The number of ether oxygens (including phenoxy) is 1. The Balaban J connectivity index is 2.70. The second kappa shape index (κ2) is 4.47. The first kappa shape index (κ1) is 11.8. The van der Waals surface area contributed by atoms with Gasteiger partial charge in [-0.2, -0.15) is 0 Å². The van der Waals surface area contributed by atoms with Crippen LogP contribution < -0.4 is 0 Å². The predicted octanol–water partition coefficient (Wildman–Crippen LogP) is 2.92. The van der Waals surface area contributed by atoms with E-state index in [0.29, 0.717) is 12.3 Å². The minimum atomic E-state index is -0.114. The molecule has 2 atom stereocenters. The van der Waals surface area contributed by atoms with Crippen molar-refractivity contribution in [1.82, 2.24) is 0 Å². The van der Waals surface area contributed by atoms with Gasteiger partial charge in [0.05, 0.1) is 7.11 Å². The van der Waals surface area contributed by atoms with Gasteiger partial charge in [-0.25, -0.2) is 0 Å². The van der Waals surface area contributed by atoms with E-state index in [4.69, 9.17) is 4.74 Å². The summed E-state index contributed by atoms with van der Waals surface area (Å²) in [5.74, 6) is 0.263. The van der Waals surface area contributed by atoms with Crippen LogP contribution in [0.1, 0.15) is 26.2 Å². The number of allylic oxidation sites excluding steroid dienone is 1. The molecule has 0 bridgehead atoms. The molecule has 0 N–H and O–H groups in total. The average molecular weight is 261 g/mol. The highest BCUT2D eigenvalue weighted by Gasteiger charge is 2.41. The first-order valence-corrected chi connectivity index (χ1v) is 5.97. The van der Waals surface area contributed by atoms with Crippen molar-refractivity contribution in [2.45, 2.75) is 26.2 Å². The molecule has 0 heterocycles. The van der Waals surface area contributed by atoms with Crippen LogP contribution in [-0.2, 0) is 9.53 Å². The molecule has 0 aliphatic heterocycles. The summed E-state index contributed by atoms with van der Waals surface area (Å²) in [6.07, 6.45) is 2.59. The molecule has 0 unspecified atom stereocenters. The normalized spacial score (nSPS) is 31.9. The largest absolute Gasteiger partial charge is 0.469 e. The summed E-state index contributed by atoms with van der Waals surface area (Å²) in [5.41, 5.74) is 1.32. The summed E-state index contributed by atoms with van der Waals surface area (Å²) >= 11 is 3.51. The molecule has 0 aromatic carbocycles. The van der Waals surface area contributed by atoms with Crippen molar-refractivity contribution in [3.63, 3.8) is 0 Å². The highest BCUT2D eigenvalue weighted by molar-refractivity contribution is 9.09. The van der Waals surface area contributed by atoms with Crippen molar-refractivity contribution in [3.05, 3.63) is 12.2 Å². The lowest BCUT2D eigenvalue weighted by Crippen LogP contribution is -2.27. The number of alkyl halides is 1. The first-order chi connectivity index (χ1) is 6.54. The Kier molecular flexibility index (Phi) is 3.76. The number of hydrogen-bond acceptors (Lipinski definition) is 2. The van der Waals surface area contributed by atoms with E-state index in [-0.39, 0.29) is 11.4 Å². The highest BCUT2D eigenvalue weighted by Crippen LogP contribution is 2.49. The minimum absolute atomic E-state index is 0.0637. The number of carbonyl (C=O) groups is 1. The molecular formula is C11H17BrO2. The van der Waals surface area contributed by atoms with Gasteiger partial charge in [0.15, 0.2) is 0 Å². The Morgan fingerprint density at radius 2 is 2.43 bits per heavy atom. The highest BCUT2D eigenvalue weighted by atomic mass is 79.9. The van der Waals surface area contributed by atoms with Crippen molar-refractivity contribution in [1.29, 1.82) is 0 Å². The third-order valence-corrected chi connectivity index (χ3v) is 4.59. The van der Waals surface area contributed by atoms with Gasteiger partial charge < -0.3 is 4.74 Å². The van der Waals surface area contributed by atoms with E-state index in [9.17, 15) is 4.79 Å². The number of carbonyl (C=O) groups excluding carboxylic acids is 1. The van der Waals surface area contributed by atoms with Crippen molar-refractivity contribution in [2.24, 2.45) is 11.3 Å². The second-order valence-electron chi connectivity index (χ2n) is 4.17. The van der Waals surface area contributed by atoms with Gasteiger partial charge in [0.2, 0.25) is 0 Å². The van der Waals surface area contributed by atoms with Crippen LogP contribution in [0.15, 0.2) is 12.2 Å². The molecule has 1 saturated carbocycles. The maximum atomic E-state index is 11.2. The molecule has 1 aliphatic rings. The number of methoxy groups -OCH3 is 1. The smallest absolute Gasteiger partial charge is 0.305 e. The fourth-order valence-electron chi connectivity index (χ4n) is 2.06. The molecule has 0 aromatic heterocycles. The Hall–Kier alpha value is -0.310. The zero-order valence-electron chi connectivity index (χ0n) is 8.81. The summed E-state index contributed by atoms with van der Waals surface area (Å²) in [5, 5.41) is 0.875. The van der Waals surface area contributed by atoms with Crippen LogP contribution in [0.4, 0.5) is 0 Å². The lowest BCUT2D eigenvalue weighted by Gasteiger charge is -2.30. The SMILES string of the molecule is C=C1CC[C@H](CC(=O)OC)[C@@]1(C)CBr. The molecule has 80 valence electrons. The molecule has 2 nitrogen and oxygen atoms in total.